The summed E-state index contributed by atoms with van der Waals surface area (Å²) in [4.78, 5) is 30.1. The van der Waals surface area contributed by atoms with Crippen LogP contribution in [0.5, 0.6) is 0 Å². The maximum atomic E-state index is 14.3. The number of ether oxygens (including phenoxy) is 7. The van der Waals surface area contributed by atoms with Gasteiger partial charge in [-0.05, 0) is 81.8 Å². The van der Waals surface area contributed by atoms with Gasteiger partial charge < -0.3 is 63.8 Å². The van der Waals surface area contributed by atoms with Crippen LogP contribution in [0.3, 0.4) is 0 Å². The zero-order valence-electron chi connectivity index (χ0n) is 35.4. The monoisotopic (exact) mass is 789 g/mol. The number of esters is 1. The van der Waals surface area contributed by atoms with E-state index in [9.17, 15) is 30.0 Å². The molecule has 0 spiro atoms. The van der Waals surface area contributed by atoms with E-state index in [1.165, 1.54) is 14.0 Å². The molecule has 15 heteroatoms. The second kappa shape index (κ2) is 19.3. The van der Waals surface area contributed by atoms with Crippen LogP contribution in [0.25, 0.3) is 0 Å². The molecule has 3 rings (SSSR count). The Morgan fingerprint density at radius 1 is 0.964 bits per heavy atom. The SMILES string of the molecule is C=CCO[C@]1(C)C[C@@H](C)C(=O)N[C@H](C)[C@@H](O)[C@](C)(O)[C@@H](CC)OC(=O)[C@H](C)[C@@H](O[C@H]2C[C@@](C)(OC)[C@@H](O)[C@H](C)O2)[C@H](C)[C@H]1O[C@@H]1O[C@H](C)C[C@H](N(C)C)[C@H]1O. The van der Waals surface area contributed by atoms with Crippen molar-refractivity contribution in [2.45, 2.75) is 185 Å². The first kappa shape index (κ1) is 47.6. The van der Waals surface area contributed by atoms with Crippen LogP contribution in [0.4, 0.5) is 0 Å². The lowest BCUT2D eigenvalue weighted by Crippen LogP contribution is -2.61. The van der Waals surface area contributed by atoms with Crippen molar-refractivity contribution in [2.24, 2.45) is 17.8 Å². The predicted molar refractivity (Wildman–Crippen MR) is 204 cm³/mol. The van der Waals surface area contributed by atoms with E-state index in [0.717, 1.165) is 0 Å². The molecule has 0 aliphatic carbocycles. The fourth-order valence-corrected chi connectivity index (χ4v) is 8.61. The minimum atomic E-state index is -1.96. The van der Waals surface area contributed by atoms with Crippen LogP contribution in [0.15, 0.2) is 12.7 Å². The Bertz CT molecular complexity index is 1270. The van der Waals surface area contributed by atoms with Gasteiger partial charge in [0.05, 0.1) is 54.2 Å². The molecule has 0 aromatic carbocycles. The largest absolute Gasteiger partial charge is 0.459 e. The molecule has 0 bridgehead atoms. The minimum absolute atomic E-state index is 0.0643. The summed E-state index contributed by atoms with van der Waals surface area (Å²) < 4.78 is 44.5. The van der Waals surface area contributed by atoms with Gasteiger partial charge in [0.15, 0.2) is 12.6 Å². The van der Waals surface area contributed by atoms with Crippen LogP contribution >= 0.6 is 0 Å². The van der Waals surface area contributed by atoms with Crippen molar-refractivity contribution in [1.29, 1.82) is 0 Å². The van der Waals surface area contributed by atoms with E-state index in [2.05, 4.69) is 11.9 Å². The average Bonchev–Trinajstić information content (AvgIpc) is 3.12. The average molecular weight is 789 g/mol. The van der Waals surface area contributed by atoms with Gasteiger partial charge in [0, 0.05) is 31.4 Å². The molecule has 0 aromatic rings. The zero-order valence-corrected chi connectivity index (χ0v) is 35.4. The number of methoxy groups -OCH3 is 1. The van der Waals surface area contributed by atoms with Crippen LogP contribution in [-0.4, -0.2) is 155 Å². The summed E-state index contributed by atoms with van der Waals surface area (Å²) in [5.41, 5.74) is -4.32. The number of carbonyl (C=O) groups is 2. The van der Waals surface area contributed by atoms with E-state index in [1.807, 2.05) is 32.8 Å². The van der Waals surface area contributed by atoms with E-state index >= 15 is 0 Å². The quantitative estimate of drug-likeness (QED) is 0.160. The van der Waals surface area contributed by atoms with Crippen LogP contribution in [0.2, 0.25) is 0 Å². The summed E-state index contributed by atoms with van der Waals surface area (Å²) >= 11 is 0. The number of nitrogens with one attached hydrogen (secondary N) is 1. The van der Waals surface area contributed by atoms with E-state index in [0.29, 0.717) is 6.42 Å². The van der Waals surface area contributed by atoms with Gasteiger partial charge in [-0.2, -0.15) is 0 Å². The van der Waals surface area contributed by atoms with Gasteiger partial charge >= 0.3 is 5.97 Å². The van der Waals surface area contributed by atoms with Gasteiger partial charge in [0.1, 0.15) is 30.0 Å². The Balaban J connectivity index is 2.27. The normalized spacial score (nSPS) is 47.0. The first-order chi connectivity index (χ1) is 25.5. The predicted octanol–water partition coefficient (Wildman–Crippen LogP) is 2.30. The highest BCUT2D eigenvalue weighted by Gasteiger charge is 2.53. The number of aliphatic hydroxyl groups is 4. The number of hydrogen-bond donors (Lipinski definition) is 5. The molecular formula is C40H72N2O13. The molecule has 3 fully saturated rings. The molecule has 3 heterocycles. The summed E-state index contributed by atoms with van der Waals surface area (Å²) in [6.45, 7) is 20.9. The number of aliphatic hydroxyl groups excluding tert-OH is 3. The summed E-state index contributed by atoms with van der Waals surface area (Å²) in [6.07, 6.45) is -7.44. The highest BCUT2D eigenvalue weighted by atomic mass is 16.7. The summed E-state index contributed by atoms with van der Waals surface area (Å²) in [6, 6.07) is -1.24. The van der Waals surface area contributed by atoms with E-state index < -0.39 is 108 Å². The van der Waals surface area contributed by atoms with Crippen LogP contribution in [-0.2, 0) is 42.7 Å². The summed E-state index contributed by atoms with van der Waals surface area (Å²) in [7, 11) is 5.25. The molecule has 15 nitrogen and oxygen atoms in total. The lowest BCUT2D eigenvalue weighted by atomic mass is 9.77. The van der Waals surface area contributed by atoms with Crippen molar-refractivity contribution in [3.8, 4) is 0 Å². The zero-order chi connectivity index (χ0) is 41.8. The first-order valence-corrected chi connectivity index (χ1v) is 19.8. The van der Waals surface area contributed by atoms with Crippen LogP contribution in [0, 0.1) is 17.8 Å². The molecule has 3 aliphatic rings. The van der Waals surface area contributed by atoms with Crippen molar-refractivity contribution in [3.05, 3.63) is 12.7 Å². The fraction of sp³-hybridized carbons (Fsp3) is 0.900. The number of nitrogens with zero attached hydrogens (tertiary/aromatic N) is 1. The highest BCUT2D eigenvalue weighted by Crippen LogP contribution is 2.41. The lowest BCUT2D eigenvalue weighted by molar-refractivity contribution is -0.320. The molecule has 55 heavy (non-hydrogen) atoms. The third-order valence-electron chi connectivity index (χ3n) is 12.2. The molecule has 0 radical (unpaired) electrons. The second-order valence-corrected chi connectivity index (χ2v) is 17.1. The fourth-order valence-electron chi connectivity index (χ4n) is 8.61. The van der Waals surface area contributed by atoms with Crippen LogP contribution in [0.1, 0.15) is 94.9 Å². The Morgan fingerprint density at radius 2 is 1.60 bits per heavy atom. The number of amides is 1. The summed E-state index contributed by atoms with van der Waals surface area (Å²) in [5.74, 6) is -3.69. The highest BCUT2D eigenvalue weighted by molar-refractivity contribution is 5.78. The number of hydrogen-bond acceptors (Lipinski definition) is 14. The topological polar surface area (TPSA) is 195 Å². The van der Waals surface area contributed by atoms with Crippen molar-refractivity contribution >= 4 is 11.9 Å². The van der Waals surface area contributed by atoms with Gasteiger partial charge in [-0.3, -0.25) is 9.59 Å². The van der Waals surface area contributed by atoms with Crippen molar-refractivity contribution < 1.29 is 63.2 Å². The third kappa shape index (κ3) is 10.8. The molecule has 0 saturated carbocycles. The standard InChI is InChI=1S/C40H72N2O13/c1-15-17-50-39(10)19-21(3)35(46)41-25(7)32(44)40(11,48)28(16-2)53-36(47)24(6)31(54-29-20-38(9,49-14)33(45)26(8)52-29)23(5)34(39)55-37-30(43)27(42(12)13)18-22(4)51-37/h15,21-34,37,43-45,48H,1,16-20H2,2-14H3,(H,41,46)/t21-,22-,23+,24-,25-,26+,27+,28-,29+,30-,31+,32-,33+,34-,37+,38-,39-,40-/m1/s1. The molecule has 3 aliphatic heterocycles. The van der Waals surface area contributed by atoms with Crippen molar-refractivity contribution in [3.63, 3.8) is 0 Å². The lowest BCUT2D eigenvalue weighted by Gasteiger charge is -2.49. The van der Waals surface area contributed by atoms with Gasteiger partial charge in [0.2, 0.25) is 5.91 Å². The molecule has 1 amide bonds. The second-order valence-electron chi connectivity index (χ2n) is 17.1. The Morgan fingerprint density at radius 3 is 2.16 bits per heavy atom. The van der Waals surface area contributed by atoms with Gasteiger partial charge in [-0.15, -0.1) is 6.58 Å². The minimum Gasteiger partial charge on any atom is -0.459 e. The maximum absolute atomic E-state index is 14.3. The Kier molecular flexibility index (Phi) is 16.7. The van der Waals surface area contributed by atoms with Gasteiger partial charge in [-0.25, -0.2) is 0 Å². The molecule has 0 aromatic heterocycles. The van der Waals surface area contributed by atoms with Crippen molar-refractivity contribution in [2.75, 3.05) is 27.8 Å². The number of rotatable bonds is 10. The number of carbonyl (C=O) groups excluding carboxylic acids is 2. The molecule has 0 unspecified atom stereocenters. The molecule has 5 N–H and O–H groups in total. The first-order valence-electron chi connectivity index (χ1n) is 19.8. The van der Waals surface area contributed by atoms with Crippen LogP contribution < -0.4 is 5.32 Å². The number of likely N-dealkylation sites (N-methyl/N-ethyl adjacent to an activating group) is 1. The van der Waals surface area contributed by atoms with Gasteiger partial charge in [-0.1, -0.05) is 26.8 Å². The molecule has 320 valence electrons. The van der Waals surface area contributed by atoms with Gasteiger partial charge in [0.25, 0.3) is 0 Å². The third-order valence-corrected chi connectivity index (χ3v) is 12.2. The molecule has 3 saturated heterocycles. The Hall–Kier alpha value is -1.76. The Labute approximate surface area is 328 Å². The van der Waals surface area contributed by atoms with E-state index in [4.69, 9.17) is 33.2 Å². The number of cyclic esters (lactones) is 1. The van der Waals surface area contributed by atoms with E-state index in [-0.39, 0.29) is 38.0 Å². The smallest absolute Gasteiger partial charge is 0.311 e. The maximum Gasteiger partial charge on any atom is 0.311 e. The molecule has 18 atom stereocenters. The molecular weight excluding hydrogens is 716 g/mol. The summed E-state index contributed by atoms with van der Waals surface area (Å²) in [5, 5.41) is 48.5. The van der Waals surface area contributed by atoms with E-state index in [1.54, 1.807) is 54.5 Å². The van der Waals surface area contributed by atoms with Crippen molar-refractivity contribution in [1.82, 2.24) is 10.2 Å².